The van der Waals surface area contributed by atoms with E-state index in [0.29, 0.717) is 16.9 Å². The highest BCUT2D eigenvalue weighted by atomic mass is 16.1. The minimum absolute atomic E-state index is 0.311. The number of nitrogen functional groups attached to an aromatic ring is 2. The summed E-state index contributed by atoms with van der Waals surface area (Å²) in [4.78, 5) is 11.2. The Morgan fingerprint density at radius 2 is 1.53 bits per heavy atom. The van der Waals surface area contributed by atoms with Crippen LogP contribution in [0.4, 0.5) is 11.4 Å². The van der Waals surface area contributed by atoms with Crippen LogP contribution in [-0.4, -0.2) is 5.91 Å². The molecule has 6 N–H and O–H groups in total. The normalized spacial score (nSPS) is 10.1. The monoisotopic (exact) mass is 227 g/mol. The number of hydrogen-bond donors (Lipinski definition) is 3. The largest absolute Gasteiger partial charge is 0.398 e. The van der Waals surface area contributed by atoms with Gasteiger partial charge in [-0.3, -0.25) is 4.79 Å². The molecule has 17 heavy (non-hydrogen) atoms. The summed E-state index contributed by atoms with van der Waals surface area (Å²) >= 11 is 0. The second-order valence-electron chi connectivity index (χ2n) is 3.72. The van der Waals surface area contributed by atoms with Crippen LogP contribution in [0.5, 0.6) is 0 Å². The van der Waals surface area contributed by atoms with E-state index in [1.807, 2.05) is 24.3 Å². The Balaban J connectivity index is 2.65. The Bertz CT molecular complexity index is 579. The number of rotatable bonds is 2. The Morgan fingerprint density at radius 3 is 2.18 bits per heavy atom. The van der Waals surface area contributed by atoms with Crippen molar-refractivity contribution < 1.29 is 4.79 Å². The molecular weight excluding hydrogens is 214 g/mol. The van der Waals surface area contributed by atoms with Crippen molar-refractivity contribution in [1.29, 1.82) is 0 Å². The van der Waals surface area contributed by atoms with Crippen LogP contribution in [0, 0.1) is 0 Å². The summed E-state index contributed by atoms with van der Waals surface area (Å²) in [5, 5.41) is 0. The van der Waals surface area contributed by atoms with Crippen molar-refractivity contribution in [2.45, 2.75) is 0 Å². The predicted molar refractivity (Wildman–Crippen MR) is 69.2 cm³/mol. The first kappa shape index (κ1) is 11.0. The lowest BCUT2D eigenvalue weighted by molar-refractivity contribution is 0.100. The molecule has 2 aromatic carbocycles. The van der Waals surface area contributed by atoms with Crippen LogP contribution in [0.15, 0.2) is 42.5 Å². The van der Waals surface area contributed by atoms with E-state index in [9.17, 15) is 4.79 Å². The average Bonchev–Trinajstić information content (AvgIpc) is 2.30. The standard InChI is InChI=1S/C13H13N3O/c14-11-7-2-1-4-8(11)9-5-3-6-10(12(9)15)13(16)17/h1-7H,14-15H2,(H2,16,17). The molecule has 4 nitrogen and oxygen atoms in total. The lowest BCUT2D eigenvalue weighted by Crippen LogP contribution is -2.14. The summed E-state index contributed by atoms with van der Waals surface area (Å²) < 4.78 is 0. The van der Waals surface area contributed by atoms with E-state index in [2.05, 4.69) is 0 Å². The van der Waals surface area contributed by atoms with Crippen LogP contribution in [0.1, 0.15) is 10.4 Å². The summed E-state index contributed by atoms with van der Waals surface area (Å²) in [6, 6.07) is 12.5. The van der Waals surface area contributed by atoms with Crippen LogP contribution >= 0.6 is 0 Å². The molecule has 86 valence electrons. The second kappa shape index (κ2) is 4.17. The lowest BCUT2D eigenvalue weighted by atomic mass is 9.99. The van der Waals surface area contributed by atoms with E-state index in [0.717, 1.165) is 11.1 Å². The molecule has 1 amide bonds. The number of carbonyl (C=O) groups excluding carboxylic acids is 1. The highest BCUT2D eigenvalue weighted by Crippen LogP contribution is 2.32. The fourth-order valence-corrected chi connectivity index (χ4v) is 1.76. The fraction of sp³-hybridized carbons (Fsp3) is 0. The van der Waals surface area contributed by atoms with Crippen LogP contribution in [0.25, 0.3) is 11.1 Å². The number of hydrogen-bond acceptors (Lipinski definition) is 3. The van der Waals surface area contributed by atoms with E-state index in [1.54, 1.807) is 18.2 Å². The van der Waals surface area contributed by atoms with E-state index in [4.69, 9.17) is 17.2 Å². The molecule has 0 aromatic heterocycles. The Labute approximate surface area is 99.0 Å². The molecule has 0 aliphatic rings. The van der Waals surface area contributed by atoms with Crippen molar-refractivity contribution in [2.24, 2.45) is 5.73 Å². The van der Waals surface area contributed by atoms with Gasteiger partial charge in [0.15, 0.2) is 0 Å². The molecule has 0 fully saturated rings. The molecular formula is C13H13N3O. The average molecular weight is 227 g/mol. The smallest absolute Gasteiger partial charge is 0.250 e. The van der Waals surface area contributed by atoms with Crippen molar-refractivity contribution in [3.05, 3.63) is 48.0 Å². The van der Waals surface area contributed by atoms with Crippen LogP contribution in [-0.2, 0) is 0 Å². The number of primary amides is 1. The van der Waals surface area contributed by atoms with Gasteiger partial charge in [0.25, 0.3) is 5.91 Å². The molecule has 4 heteroatoms. The highest BCUT2D eigenvalue weighted by Gasteiger charge is 2.11. The summed E-state index contributed by atoms with van der Waals surface area (Å²) in [5.41, 5.74) is 19.9. The third kappa shape index (κ3) is 1.92. The van der Waals surface area contributed by atoms with Gasteiger partial charge in [0, 0.05) is 16.8 Å². The van der Waals surface area contributed by atoms with Crippen molar-refractivity contribution in [3.63, 3.8) is 0 Å². The molecule has 0 saturated heterocycles. The molecule has 0 aliphatic heterocycles. The summed E-state index contributed by atoms with van der Waals surface area (Å²) in [7, 11) is 0. The van der Waals surface area contributed by atoms with Crippen molar-refractivity contribution in [1.82, 2.24) is 0 Å². The van der Waals surface area contributed by atoms with Crippen molar-refractivity contribution in [3.8, 4) is 11.1 Å². The van der Waals surface area contributed by atoms with E-state index in [-0.39, 0.29) is 0 Å². The maximum Gasteiger partial charge on any atom is 0.250 e. The first-order chi connectivity index (χ1) is 8.11. The molecule has 2 rings (SSSR count). The third-order valence-corrected chi connectivity index (χ3v) is 2.62. The van der Waals surface area contributed by atoms with Gasteiger partial charge in [-0.25, -0.2) is 0 Å². The first-order valence-electron chi connectivity index (χ1n) is 5.14. The van der Waals surface area contributed by atoms with Gasteiger partial charge in [0.1, 0.15) is 0 Å². The predicted octanol–water partition coefficient (Wildman–Crippen LogP) is 1.62. The zero-order chi connectivity index (χ0) is 12.4. The molecule has 0 unspecified atom stereocenters. The molecule has 0 heterocycles. The Morgan fingerprint density at radius 1 is 0.882 bits per heavy atom. The SMILES string of the molecule is NC(=O)c1cccc(-c2ccccc2N)c1N. The lowest BCUT2D eigenvalue weighted by Gasteiger charge is -2.10. The van der Waals surface area contributed by atoms with E-state index < -0.39 is 5.91 Å². The topological polar surface area (TPSA) is 95.1 Å². The number of para-hydroxylation sites is 2. The molecule has 0 atom stereocenters. The zero-order valence-corrected chi connectivity index (χ0v) is 9.18. The van der Waals surface area contributed by atoms with Gasteiger partial charge in [0.2, 0.25) is 0 Å². The molecule has 0 saturated carbocycles. The van der Waals surface area contributed by atoms with Crippen LogP contribution < -0.4 is 17.2 Å². The minimum atomic E-state index is -0.543. The minimum Gasteiger partial charge on any atom is -0.398 e. The zero-order valence-electron chi connectivity index (χ0n) is 9.18. The number of nitrogens with two attached hydrogens (primary N) is 3. The molecule has 0 aliphatic carbocycles. The molecule has 2 aromatic rings. The molecule has 0 spiro atoms. The van der Waals surface area contributed by atoms with Gasteiger partial charge in [-0.05, 0) is 12.1 Å². The molecule has 0 radical (unpaired) electrons. The van der Waals surface area contributed by atoms with Gasteiger partial charge in [0.05, 0.1) is 11.3 Å². The van der Waals surface area contributed by atoms with Crippen LogP contribution in [0.2, 0.25) is 0 Å². The Kier molecular flexibility index (Phi) is 2.70. The van der Waals surface area contributed by atoms with E-state index in [1.165, 1.54) is 0 Å². The van der Waals surface area contributed by atoms with Gasteiger partial charge in [-0.1, -0.05) is 30.3 Å². The summed E-state index contributed by atoms with van der Waals surface area (Å²) in [6.07, 6.45) is 0. The van der Waals surface area contributed by atoms with Crippen molar-refractivity contribution >= 4 is 17.3 Å². The quantitative estimate of drug-likeness (QED) is 0.680. The maximum atomic E-state index is 11.2. The van der Waals surface area contributed by atoms with Crippen LogP contribution in [0.3, 0.4) is 0 Å². The number of anilines is 2. The van der Waals surface area contributed by atoms with E-state index >= 15 is 0 Å². The number of benzene rings is 2. The number of carbonyl (C=O) groups is 1. The van der Waals surface area contributed by atoms with Gasteiger partial charge in [-0.2, -0.15) is 0 Å². The maximum absolute atomic E-state index is 11.2. The third-order valence-electron chi connectivity index (χ3n) is 2.62. The summed E-state index contributed by atoms with van der Waals surface area (Å²) in [6.45, 7) is 0. The van der Waals surface area contributed by atoms with Gasteiger partial charge < -0.3 is 17.2 Å². The summed E-state index contributed by atoms with van der Waals surface area (Å²) in [5.74, 6) is -0.543. The van der Waals surface area contributed by atoms with Gasteiger partial charge in [-0.15, -0.1) is 0 Å². The second-order valence-corrected chi connectivity index (χ2v) is 3.72. The molecule has 0 bridgehead atoms. The Hall–Kier alpha value is -2.49. The number of amides is 1. The van der Waals surface area contributed by atoms with Gasteiger partial charge >= 0.3 is 0 Å². The first-order valence-corrected chi connectivity index (χ1v) is 5.14. The highest BCUT2D eigenvalue weighted by molar-refractivity contribution is 6.02. The fourth-order valence-electron chi connectivity index (χ4n) is 1.76. The van der Waals surface area contributed by atoms with Crippen molar-refractivity contribution in [2.75, 3.05) is 11.5 Å².